The molecule has 2 nitrogen and oxygen atoms in total. The van der Waals surface area contributed by atoms with E-state index in [0.717, 1.165) is 5.92 Å². The Labute approximate surface area is 127 Å². The molecule has 0 aromatic heterocycles. The van der Waals surface area contributed by atoms with Gasteiger partial charge in [-0.2, -0.15) is 0 Å². The third-order valence-corrected chi connectivity index (χ3v) is 4.98. The molecule has 2 heteroatoms. The molecule has 0 radical (unpaired) electrons. The topological polar surface area (TPSA) is 38.0 Å². The van der Waals surface area contributed by atoms with E-state index >= 15 is 0 Å². The van der Waals surface area contributed by atoms with Crippen LogP contribution in [0.4, 0.5) is 0 Å². The Morgan fingerprint density at radius 3 is 2.10 bits per heavy atom. The zero-order chi connectivity index (χ0) is 14.5. The highest BCUT2D eigenvalue weighted by Crippen LogP contribution is 2.28. The van der Waals surface area contributed by atoms with Crippen LogP contribution in [0.15, 0.2) is 0 Å². The largest absolute Gasteiger partial charge is 0.271 e. The van der Waals surface area contributed by atoms with Gasteiger partial charge in [-0.05, 0) is 18.8 Å². The van der Waals surface area contributed by atoms with E-state index in [1.165, 1.54) is 96.3 Å². The predicted octanol–water partition coefficient (Wildman–Crippen LogP) is 5.32. The molecule has 0 amide bonds. The van der Waals surface area contributed by atoms with Gasteiger partial charge in [0.1, 0.15) is 0 Å². The summed E-state index contributed by atoms with van der Waals surface area (Å²) in [5, 5.41) is 0. The summed E-state index contributed by atoms with van der Waals surface area (Å²) in [6.45, 7) is 2.28. The van der Waals surface area contributed by atoms with Crippen molar-refractivity contribution in [3.05, 3.63) is 0 Å². The second-order valence-electron chi connectivity index (χ2n) is 6.87. The minimum Gasteiger partial charge on any atom is -0.271 e. The van der Waals surface area contributed by atoms with Gasteiger partial charge in [-0.1, -0.05) is 90.4 Å². The third-order valence-electron chi connectivity index (χ3n) is 4.98. The second kappa shape index (κ2) is 12.6. The molecule has 3 N–H and O–H groups in total. The van der Waals surface area contributed by atoms with Crippen LogP contribution in [0.5, 0.6) is 0 Å². The number of hydrogen-bond acceptors (Lipinski definition) is 2. The second-order valence-corrected chi connectivity index (χ2v) is 6.87. The summed E-state index contributed by atoms with van der Waals surface area (Å²) >= 11 is 0. The lowest BCUT2D eigenvalue weighted by atomic mass is 9.84. The number of hydrogen-bond donors (Lipinski definition) is 2. The molecule has 0 aromatic carbocycles. The van der Waals surface area contributed by atoms with Crippen molar-refractivity contribution in [1.29, 1.82) is 0 Å². The highest BCUT2D eigenvalue weighted by molar-refractivity contribution is 4.73. The average Bonchev–Trinajstić information content (AvgIpc) is 2.49. The van der Waals surface area contributed by atoms with E-state index in [0.29, 0.717) is 6.04 Å². The fourth-order valence-electron chi connectivity index (χ4n) is 3.62. The van der Waals surface area contributed by atoms with Crippen LogP contribution >= 0.6 is 0 Å². The van der Waals surface area contributed by atoms with Gasteiger partial charge in [0.25, 0.3) is 0 Å². The average molecular weight is 283 g/mol. The van der Waals surface area contributed by atoms with Crippen molar-refractivity contribution >= 4 is 0 Å². The van der Waals surface area contributed by atoms with Crippen molar-refractivity contribution in [1.82, 2.24) is 5.43 Å². The fraction of sp³-hybridized carbons (Fsp3) is 1.00. The first kappa shape index (κ1) is 18.0. The van der Waals surface area contributed by atoms with Crippen molar-refractivity contribution in [3.8, 4) is 0 Å². The summed E-state index contributed by atoms with van der Waals surface area (Å²) in [6, 6.07) is 0.568. The molecule has 1 aliphatic rings. The van der Waals surface area contributed by atoms with Gasteiger partial charge in [-0.3, -0.25) is 11.3 Å². The quantitative estimate of drug-likeness (QED) is 0.289. The molecule has 0 aliphatic heterocycles. The van der Waals surface area contributed by atoms with E-state index in [2.05, 4.69) is 12.3 Å². The summed E-state index contributed by atoms with van der Waals surface area (Å²) in [5.41, 5.74) is 3.07. The van der Waals surface area contributed by atoms with Crippen LogP contribution in [-0.4, -0.2) is 6.04 Å². The van der Waals surface area contributed by atoms with Gasteiger partial charge < -0.3 is 0 Å². The molecule has 120 valence electrons. The maximum absolute atomic E-state index is 5.74. The zero-order valence-corrected chi connectivity index (χ0v) is 13.8. The summed E-state index contributed by atoms with van der Waals surface area (Å²) < 4.78 is 0. The lowest BCUT2D eigenvalue weighted by molar-refractivity contribution is 0.288. The van der Waals surface area contributed by atoms with Gasteiger partial charge >= 0.3 is 0 Å². The van der Waals surface area contributed by atoms with Crippen molar-refractivity contribution < 1.29 is 0 Å². The Hall–Kier alpha value is -0.0800. The van der Waals surface area contributed by atoms with Crippen molar-refractivity contribution in [2.24, 2.45) is 11.8 Å². The molecule has 1 aliphatic carbocycles. The lowest BCUT2D eigenvalue weighted by Gasteiger charge is -2.26. The van der Waals surface area contributed by atoms with E-state index in [1.54, 1.807) is 0 Å². The van der Waals surface area contributed by atoms with Crippen molar-refractivity contribution in [2.45, 2.75) is 109 Å². The van der Waals surface area contributed by atoms with E-state index in [1.807, 2.05) is 0 Å². The molecule has 1 unspecified atom stereocenters. The normalized spacial score (nSPS) is 18.3. The Kier molecular flexibility index (Phi) is 11.4. The maximum atomic E-state index is 5.74. The summed E-state index contributed by atoms with van der Waals surface area (Å²) in [4.78, 5) is 0. The maximum Gasteiger partial charge on any atom is 0.0213 e. The summed E-state index contributed by atoms with van der Waals surface area (Å²) in [7, 11) is 0. The minimum absolute atomic E-state index is 0.568. The van der Waals surface area contributed by atoms with E-state index in [-0.39, 0.29) is 0 Å². The Balaban J connectivity index is 1.94. The molecule has 1 atom stereocenters. The van der Waals surface area contributed by atoms with Crippen LogP contribution in [0.3, 0.4) is 0 Å². The SMILES string of the molecule is CCCCCCCCCCC(CC1CCCCC1)NN. The number of rotatable bonds is 12. The van der Waals surface area contributed by atoms with Gasteiger partial charge in [-0.25, -0.2) is 0 Å². The number of unbranched alkanes of at least 4 members (excludes halogenated alkanes) is 7. The molecule has 0 saturated heterocycles. The first-order valence-corrected chi connectivity index (χ1v) is 9.33. The monoisotopic (exact) mass is 282 g/mol. The van der Waals surface area contributed by atoms with Gasteiger partial charge in [0.2, 0.25) is 0 Å². The van der Waals surface area contributed by atoms with E-state index in [9.17, 15) is 0 Å². The smallest absolute Gasteiger partial charge is 0.0213 e. The van der Waals surface area contributed by atoms with Gasteiger partial charge in [0.15, 0.2) is 0 Å². The Morgan fingerprint density at radius 1 is 0.900 bits per heavy atom. The summed E-state index contributed by atoms with van der Waals surface area (Å²) in [6.07, 6.45) is 21.1. The first-order valence-electron chi connectivity index (χ1n) is 9.33. The van der Waals surface area contributed by atoms with Crippen molar-refractivity contribution in [3.63, 3.8) is 0 Å². The molecule has 1 rings (SSSR count). The van der Waals surface area contributed by atoms with Gasteiger partial charge in [0, 0.05) is 6.04 Å². The molecule has 1 saturated carbocycles. The number of nitrogens with one attached hydrogen (secondary N) is 1. The van der Waals surface area contributed by atoms with Crippen LogP contribution in [0.1, 0.15) is 103 Å². The Bertz CT molecular complexity index is 200. The van der Waals surface area contributed by atoms with E-state index < -0.39 is 0 Å². The van der Waals surface area contributed by atoms with Crippen LogP contribution in [-0.2, 0) is 0 Å². The molecule has 20 heavy (non-hydrogen) atoms. The predicted molar refractivity (Wildman–Crippen MR) is 89.5 cm³/mol. The van der Waals surface area contributed by atoms with Crippen LogP contribution in [0.2, 0.25) is 0 Å². The first-order chi connectivity index (χ1) is 9.86. The van der Waals surface area contributed by atoms with Crippen LogP contribution < -0.4 is 11.3 Å². The number of hydrazine groups is 1. The molecular formula is C18H38N2. The molecule has 0 aromatic rings. The van der Waals surface area contributed by atoms with E-state index in [4.69, 9.17) is 5.84 Å². The van der Waals surface area contributed by atoms with Gasteiger partial charge in [0.05, 0.1) is 0 Å². The third kappa shape index (κ3) is 8.97. The Morgan fingerprint density at radius 2 is 1.50 bits per heavy atom. The lowest BCUT2D eigenvalue weighted by Crippen LogP contribution is -2.36. The molecule has 0 heterocycles. The zero-order valence-electron chi connectivity index (χ0n) is 13.8. The molecule has 0 bridgehead atoms. The highest BCUT2D eigenvalue weighted by atomic mass is 15.2. The fourth-order valence-corrected chi connectivity index (χ4v) is 3.62. The minimum atomic E-state index is 0.568. The standard InChI is InChI=1S/C18H38N2/c1-2-3-4-5-6-7-8-12-15-18(20-19)16-17-13-10-9-11-14-17/h17-18,20H,2-16,19H2,1H3. The molecule has 0 spiro atoms. The molecular weight excluding hydrogens is 244 g/mol. The van der Waals surface area contributed by atoms with Crippen LogP contribution in [0, 0.1) is 5.92 Å². The van der Waals surface area contributed by atoms with Gasteiger partial charge in [-0.15, -0.1) is 0 Å². The van der Waals surface area contributed by atoms with Crippen LogP contribution in [0.25, 0.3) is 0 Å². The summed E-state index contributed by atoms with van der Waals surface area (Å²) in [5.74, 6) is 6.68. The number of nitrogens with two attached hydrogens (primary N) is 1. The van der Waals surface area contributed by atoms with Crippen molar-refractivity contribution in [2.75, 3.05) is 0 Å². The highest BCUT2D eigenvalue weighted by Gasteiger charge is 2.17. The molecule has 1 fully saturated rings.